The third-order valence-electron chi connectivity index (χ3n) is 11.7. The van der Waals surface area contributed by atoms with Crippen LogP contribution in [0.4, 0.5) is 0 Å². The summed E-state index contributed by atoms with van der Waals surface area (Å²) in [6.45, 7) is 12.2. The molecule has 5 fully saturated rings. The largest absolute Gasteiger partial charge is 0.480 e. The molecule has 0 radical (unpaired) electrons. The topological polar surface area (TPSA) is 87.2 Å². The Morgan fingerprint density at radius 2 is 1.61 bits per heavy atom. The number of amides is 1. The first-order valence-electron chi connectivity index (χ1n) is 15.2. The molecule has 38 heavy (non-hydrogen) atoms. The third-order valence-corrected chi connectivity index (χ3v) is 11.7. The van der Waals surface area contributed by atoms with Gasteiger partial charge in [0.2, 0.25) is 5.91 Å². The van der Waals surface area contributed by atoms with E-state index >= 15 is 0 Å². The van der Waals surface area contributed by atoms with Crippen LogP contribution in [0.3, 0.4) is 0 Å². The number of morpholine rings is 1. The van der Waals surface area contributed by atoms with Crippen molar-refractivity contribution in [2.24, 2.45) is 46.3 Å². The van der Waals surface area contributed by atoms with Gasteiger partial charge in [0.15, 0.2) is 0 Å². The van der Waals surface area contributed by atoms with Gasteiger partial charge in [-0.3, -0.25) is 19.3 Å². The second kappa shape index (κ2) is 12.0. The molecule has 1 amide bonds. The fourth-order valence-electron chi connectivity index (χ4n) is 9.50. The smallest absolute Gasteiger partial charge is 0.323 e. The highest BCUT2D eigenvalue weighted by Crippen LogP contribution is 2.67. The molecule has 1 heterocycles. The Morgan fingerprint density at radius 1 is 0.947 bits per heavy atom. The van der Waals surface area contributed by atoms with E-state index in [-0.39, 0.29) is 19.0 Å². The summed E-state index contributed by atoms with van der Waals surface area (Å²) in [5.74, 6) is 4.34. The maximum atomic E-state index is 12.2. The molecule has 5 rings (SSSR count). The molecule has 7 nitrogen and oxygen atoms in total. The van der Waals surface area contributed by atoms with E-state index in [4.69, 9.17) is 9.84 Å². The Bertz CT molecular complexity index is 872. The fourth-order valence-corrected chi connectivity index (χ4v) is 9.50. The van der Waals surface area contributed by atoms with Crippen molar-refractivity contribution >= 4 is 17.7 Å². The summed E-state index contributed by atoms with van der Waals surface area (Å²) in [4.78, 5) is 37.3. The van der Waals surface area contributed by atoms with Gasteiger partial charge in [-0.15, -0.1) is 0 Å². The zero-order valence-electron chi connectivity index (χ0n) is 24.5. The van der Waals surface area contributed by atoms with Gasteiger partial charge < -0.3 is 14.7 Å². The monoisotopic (exact) mass is 532 g/mol. The molecule has 4 saturated carbocycles. The molecule has 8 unspecified atom stereocenters. The van der Waals surface area contributed by atoms with Gasteiger partial charge in [-0.2, -0.15) is 0 Å². The van der Waals surface area contributed by atoms with Gasteiger partial charge in [0.25, 0.3) is 0 Å². The number of fused-ring (bicyclic) bond motifs is 5. The Kier molecular flexibility index (Phi) is 9.28. The van der Waals surface area contributed by atoms with Crippen LogP contribution in [0.2, 0.25) is 0 Å². The minimum absolute atomic E-state index is 0.167. The van der Waals surface area contributed by atoms with Crippen LogP contribution in [-0.4, -0.2) is 79.0 Å². The average Bonchev–Trinajstić information content (AvgIpc) is 3.22. The summed E-state index contributed by atoms with van der Waals surface area (Å²) in [6.07, 6.45) is 12.6. The molecule has 4 aliphatic carbocycles. The van der Waals surface area contributed by atoms with Crippen LogP contribution < -0.4 is 0 Å². The van der Waals surface area contributed by atoms with E-state index in [0.717, 1.165) is 42.7 Å². The molecule has 1 N–H and O–H groups in total. The number of carbonyl (C=O) groups is 3. The number of ketones is 1. The number of carbonyl (C=O) groups excluding carboxylic acids is 2. The number of likely N-dealkylation sites (N-methyl/N-ethyl adjacent to an activating group) is 1. The third kappa shape index (κ3) is 5.99. The normalized spacial score (nSPS) is 40.6. The van der Waals surface area contributed by atoms with Gasteiger partial charge in [0.1, 0.15) is 12.3 Å². The van der Waals surface area contributed by atoms with Crippen molar-refractivity contribution < 1.29 is 24.2 Å². The number of ether oxygens (including phenoxy) is 1. The van der Waals surface area contributed by atoms with Crippen molar-refractivity contribution in [1.29, 1.82) is 0 Å². The summed E-state index contributed by atoms with van der Waals surface area (Å²) < 4.78 is 5.15. The minimum atomic E-state index is -0.993. The van der Waals surface area contributed by atoms with Crippen molar-refractivity contribution in [3.05, 3.63) is 0 Å². The average molecular weight is 533 g/mol. The van der Waals surface area contributed by atoms with E-state index in [1.807, 2.05) is 11.8 Å². The Labute approximate surface area is 230 Å². The first kappa shape index (κ1) is 29.5. The summed E-state index contributed by atoms with van der Waals surface area (Å²) in [5, 5.41) is 8.51. The molecule has 5 aliphatic rings. The number of carboxylic acids is 1. The number of nitrogens with zero attached hydrogens (tertiary/aromatic N) is 2. The van der Waals surface area contributed by atoms with E-state index in [1.165, 1.54) is 69.7 Å². The van der Waals surface area contributed by atoms with Gasteiger partial charge in [-0.1, -0.05) is 27.2 Å². The van der Waals surface area contributed by atoms with E-state index in [9.17, 15) is 14.4 Å². The quantitative estimate of drug-likeness (QED) is 0.551. The summed E-state index contributed by atoms with van der Waals surface area (Å²) in [5.41, 5.74) is 0.948. The molecule has 1 saturated heterocycles. The Balaban J connectivity index is 0.000000196. The van der Waals surface area contributed by atoms with E-state index in [0.29, 0.717) is 35.7 Å². The Morgan fingerprint density at radius 3 is 2.26 bits per heavy atom. The highest BCUT2D eigenvalue weighted by atomic mass is 16.5. The lowest BCUT2D eigenvalue weighted by Gasteiger charge is -2.61. The summed E-state index contributed by atoms with van der Waals surface area (Å²) in [6, 6.07) is 0. The van der Waals surface area contributed by atoms with Crippen LogP contribution in [0.15, 0.2) is 0 Å². The van der Waals surface area contributed by atoms with Crippen molar-refractivity contribution in [2.45, 2.75) is 85.5 Å². The molecule has 0 spiro atoms. The lowest BCUT2D eigenvalue weighted by atomic mass is 9.44. The maximum absolute atomic E-state index is 12.2. The number of Topliss-reactive ketones (excluding diaryl/α,β-unsaturated/α-hetero) is 1. The molecule has 0 aromatic carbocycles. The van der Waals surface area contributed by atoms with Crippen molar-refractivity contribution in [1.82, 2.24) is 9.80 Å². The number of carboxylic acid groups (broad SMARTS) is 1. The number of hydrogen-bond acceptors (Lipinski definition) is 5. The second-order valence-corrected chi connectivity index (χ2v) is 13.9. The number of aliphatic carboxylic acids is 1. The Hall–Kier alpha value is -1.47. The predicted octanol–water partition coefficient (Wildman–Crippen LogP) is 4.73. The number of hydrogen-bond donors (Lipinski definition) is 1. The molecule has 0 bridgehead atoms. The van der Waals surface area contributed by atoms with Gasteiger partial charge >= 0.3 is 5.97 Å². The molecule has 216 valence electrons. The first-order valence-corrected chi connectivity index (χ1v) is 15.2. The zero-order chi connectivity index (χ0) is 27.7. The van der Waals surface area contributed by atoms with Gasteiger partial charge in [0.05, 0.1) is 19.8 Å². The maximum Gasteiger partial charge on any atom is 0.323 e. The van der Waals surface area contributed by atoms with Crippen molar-refractivity contribution in [3.63, 3.8) is 0 Å². The molecule has 0 aromatic heterocycles. The molecule has 7 heteroatoms. The van der Waals surface area contributed by atoms with Gasteiger partial charge in [-0.05, 0) is 98.7 Å². The second-order valence-electron chi connectivity index (χ2n) is 13.9. The molecule has 0 aromatic rings. The summed E-state index contributed by atoms with van der Waals surface area (Å²) in [7, 11) is 1.50. The van der Waals surface area contributed by atoms with Gasteiger partial charge in [-0.25, -0.2) is 0 Å². The first-order chi connectivity index (χ1) is 18.0. The highest BCUT2D eigenvalue weighted by Gasteiger charge is 2.60. The SMILES string of the molecule is CC(=O)C1CCC2C3CCC4CC(C)CCC4(C)C3CCC12C.CN(CC(=O)O)C(=O)CN1CCOCC1. The predicted molar refractivity (Wildman–Crippen MR) is 148 cm³/mol. The molecular formula is C31H52N2O5. The van der Waals surface area contributed by atoms with Crippen LogP contribution in [0.25, 0.3) is 0 Å². The van der Waals surface area contributed by atoms with E-state index in [2.05, 4.69) is 20.8 Å². The van der Waals surface area contributed by atoms with E-state index < -0.39 is 5.97 Å². The van der Waals surface area contributed by atoms with Gasteiger partial charge in [0, 0.05) is 26.1 Å². The standard InChI is InChI=1S/C22H36O.C9H16N2O4/c1-14-9-11-21(3)16(13-14)5-6-17-19-8-7-18(15(2)23)22(19,4)12-10-20(17)21;1-10(7-9(13)14)8(12)6-11-2-4-15-5-3-11/h14,16-20H,5-13H2,1-4H3;2-7H2,1H3,(H,13,14). The molecular weight excluding hydrogens is 480 g/mol. The van der Waals surface area contributed by atoms with Crippen LogP contribution in [0.1, 0.15) is 85.5 Å². The van der Waals surface area contributed by atoms with Crippen LogP contribution in [-0.2, 0) is 19.1 Å². The summed E-state index contributed by atoms with van der Waals surface area (Å²) >= 11 is 0. The lowest BCUT2D eigenvalue weighted by molar-refractivity contribution is -0.144. The highest BCUT2D eigenvalue weighted by molar-refractivity contribution is 5.82. The fraction of sp³-hybridized carbons (Fsp3) is 0.903. The van der Waals surface area contributed by atoms with Crippen molar-refractivity contribution in [2.75, 3.05) is 46.4 Å². The van der Waals surface area contributed by atoms with Crippen LogP contribution in [0.5, 0.6) is 0 Å². The molecule has 8 atom stereocenters. The van der Waals surface area contributed by atoms with Crippen LogP contribution in [0, 0.1) is 46.3 Å². The van der Waals surface area contributed by atoms with E-state index in [1.54, 1.807) is 0 Å². The number of rotatable bonds is 5. The minimum Gasteiger partial charge on any atom is -0.480 e. The molecule has 1 aliphatic heterocycles. The lowest BCUT2D eigenvalue weighted by Crippen LogP contribution is -2.53. The van der Waals surface area contributed by atoms with Crippen LogP contribution >= 0.6 is 0 Å². The zero-order valence-corrected chi connectivity index (χ0v) is 24.5. The van der Waals surface area contributed by atoms with Crippen molar-refractivity contribution in [3.8, 4) is 0 Å².